The van der Waals surface area contributed by atoms with Gasteiger partial charge in [0.25, 0.3) is 5.91 Å². The number of anilines is 1. The standard InChI is InChI=1S/C20H28ClN3O3/c1-4-5-6-7-8-11-20(3)18(26)24(19(27)23-20)13-17(25)22-16-10-9-14(2)12-15(16)21/h9-10,12H,4-8,11,13H2,1-3H3,(H,22,25)(H,23,27)/t20-/m1/s1. The number of carbonyl (C=O) groups excluding carboxylic acids is 3. The monoisotopic (exact) mass is 393 g/mol. The predicted octanol–water partition coefficient (Wildman–Crippen LogP) is 4.26. The summed E-state index contributed by atoms with van der Waals surface area (Å²) in [6.07, 6.45) is 5.91. The molecule has 27 heavy (non-hydrogen) atoms. The molecule has 0 spiro atoms. The highest BCUT2D eigenvalue weighted by Crippen LogP contribution is 2.25. The molecule has 1 heterocycles. The number of urea groups is 1. The Bertz CT molecular complexity index is 722. The maximum atomic E-state index is 12.7. The summed E-state index contributed by atoms with van der Waals surface area (Å²) in [6.45, 7) is 5.44. The average molecular weight is 394 g/mol. The van der Waals surface area contributed by atoms with Crippen LogP contribution in [0.3, 0.4) is 0 Å². The zero-order valence-corrected chi connectivity index (χ0v) is 17.0. The largest absolute Gasteiger partial charge is 0.325 e. The third-order valence-corrected chi connectivity index (χ3v) is 5.14. The molecule has 1 aliphatic rings. The van der Waals surface area contributed by atoms with Crippen molar-refractivity contribution in [1.82, 2.24) is 10.2 Å². The van der Waals surface area contributed by atoms with E-state index >= 15 is 0 Å². The lowest BCUT2D eigenvalue weighted by Gasteiger charge is -2.21. The fourth-order valence-corrected chi connectivity index (χ4v) is 3.48. The number of rotatable bonds is 9. The van der Waals surface area contributed by atoms with Gasteiger partial charge >= 0.3 is 6.03 Å². The van der Waals surface area contributed by atoms with Gasteiger partial charge in [-0.25, -0.2) is 4.79 Å². The number of amides is 4. The molecule has 0 bridgehead atoms. The smallest absolute Gasteiger partial charge is 0.323 e. The first-order chi connectivity index (χ1) is 12.8. The Balaban J connectivity index is 1.93. The Morgan fingerprint density at radius 2 is 1.93 bits per heavy atom. The average Bonchev–Trinajstić information content (AvgIpc) is 2.81. The summed E-state index contributed by atoms with van der Waals surface area (Å²) >= 11 is 6.11. The minimum absolute atomic E-state index is 0.333. The Labute approximate surface area is 165 Å². The van der Waals surface area contributed by atoms with Crippen LogP contribution in [0.25, 0.3) is 0 Å². The van der Waals surface area contributed by atoms with E-state index in [-0.39, 0.29) is 12.5 Å². The number of halogens is 1. The van der Waals surface area contributed by atoms with Crippen molar-refractivity contribution in [2.75, 3.05) is 11.9 Å². The zero-order chi connectivity index (χ0) is 20.0. The van der Waals surface area contributed by atoms with Crippen LogP contribution in [0.4, 0.5) is 10.5 Å². The molecule has 1 aromatic rings. The molecular weight excluding hydrogens is 366 g/mol. The molecule has 0 aromatic heterocycles. The van der Waals surface area contributed by atoms with Crippen LogP contribution in [-0.2, 0) is 9.59 Å². The van der Waals surface area contributed by atoms with Gasteiger partial charge in [-0.05, 0) is 38.0 Å². The van der Waals surface area contributed by atoms with Crippen LogP contribution in [-0.4, -0.2) is 34.8 Å². The van der Waals surface area contributed by atoms with Crippen molar-refractivity contribution in [2.45, 2.75) is 64.8 Å². The molecule has 2 rings (SSSR count). The number of aryl methyl sites for hydroxylation is 1. The maximum Gasteiger partial charge on any atom is 0.325 e. The number of carbonyl (C=O) groups is 3. The molecular formula is C20H28ClN3O3. The molecule has 1 aliphatic heterocycles. The second-order valence-electron chi connectivity index (χ2n) is 7.35. The minimum atomic E-state index is -0.939. The van der Waals surface area contributed by atoms with Crippen molar-refractivity contribution >= 4 is 35.1 Å². The number of imide groups is 1. The third-order valence-electron chi connectivity index (χ3n) is 4.83. The first-order valence-electron chi connectivity index (χ1n) is 9.47. The van der Waals surface area contributed by atoms with Crippen LogP contribution in [0.5, 0.6) is 0 Å². The summed E-state index contributed by atoms with van der Waals surface area (Å²) < 4.78 is 0. The highest BCUT2D eigenvalue weighted by Gasteiger charge is 2.47. The van der Waals surface area contributed by atoms with Gasteiger partial charge in [-0.15, -0.1) is 0 Å². The first kappa shape index (κ1) is 21.2. The van der Waals surface area contributed by atoms with E-state index < -0.39 is 17.5 Å². The molecule has 6 nitrogen and oxygen atoms in total. The molecule has 7 heteroatoms. The van der Waals surface area contributed by atoms with Crippen LogP contribution in [0, 0.1) is 6.92 Å². The van der Waals surface area contributed by atoms with E-state index in [1.54, 1.807) is 19.1 Å². The molecule has 0 radical (unpaired) electrons. The number of benzene rings is 1. The molecule has 0 aliphatic carbocycles. The van der Waals surface area contributed by atoms with E-state index in [0.717, 1.165) is 36.1 Å². The van der Waals surface area contributed by atoms with E-state index in [0.29, 0.717) is 17.1 Å². The summed E-state index contributed by atoms with van der Waals surface area (Å²) in [5.74, 6) is -0.815. The molecule has 0 saturated carbocycles. The van der Waals surface area contributed by atoms with Crippen LogP contribution in [0.15, 0.2) is 18.2 Å². The highest BCUT2D eigenvalue weighted by molar-refractivity contribution is 6.33. The van der Waals surface area contributed by atoms with Crippen molar-refractivity contribution in [1.29, 1.82) is 0 Å². The number of nitrogens with zero attached hydrogens (tertiary/aromatic N) is 1. The maximum absolute atomic E-state index is 12.7. The van der Waals surface area contributed by atoms with Crippen LogP contribution >= 0.6 is 11.6 Å². The summed E-state index contributed by atoms with van der Waals surface area (Å²) in [4.78, 5) is 38.2. The van der Waals surface area contributed by atoms with E-state index in [1.807, 2.05) is 13.0 Å². The molecule has 4 amide bonds. The van der Waals surface area contributed by atoms with Gasteiger partial charge in [0.1, 0.15) is 12.1 Å². The van der Waals surface area contributed by atoms with Gasteiger partial charge in [-0.1, -0.05) is 56.7 Å². The highest BCUT2D eigenvalue weighted by atomic mass is 35.5. The second kappa shape index (κ2) is 9.22. The van der Waals surface area contributed by atoms with Crippen LogP contribution in [0.2, 0.25) is 5.02 Å². The number of hydrogen-bond acceptors (Lipinski definition) is 3. The summed E-state index contributed by atoms with van der Waals surface area (Å²) in [5.41, 5.74) is 0.491. The minimum Gasteiger partial charge on any atom is -0.323 e. The SMILES string of the molecule is CCCCCCC[C@@]1(C)NC(=O)N(CC(=O)Nc2ccc(C)cc2Cl)C1=O. The number of unbranched alkanes of at least 4 members (excludes halogenated alkanes) is 4. The quantitative estimate of drug-likeness (QED) is 0.486. The Hall–Kier alpha value is -2.08. The van der Waals surface area contributed by atoms with Crippen molar-refractivity contribution in [3.63, 3.8) is 0 Å². The van der Waals surface area contributed by atoms with Gasteiger partial charge in [-0.3, -0.25) is 14.5 Å². The number of hydrogen-bond donors (Lipinski definition) is 2. The van der Waals surface area contributed by atoms with Crippen LogP contribution < -0.4 is 10.6 Å². The zero-order valence-electron chi connectivity index (χ0n) is 16.2. The molecule has 2 N–H and O–H groups in total. The van der Waals surface area contributed by atoms with E-state index in [1.165, 1.54) is 6.42 Å². The lowest BCUT2D eigenvalue weighted by atomic mass is 9.94. The lowest BCUT2D eigenvalue weighted by molar-refractivity contribution is -0.133. The predicted molar refractivity (Wildman–Crippen MR) is 107 cm³/mol. The molecule has 0 unspecified atom stereocenters. The fourth-order valence-electron chi connectivity index (χ4n) is 3.20. The summed E-state index contributed by atoms with van der Waals surface area (Å²) in [6, 6.07) is 4.73. The van der Waals surface area contributed by atoms with Crippen LogP contribution in [0.1, 0.15) is 57.9 Å². The Morgan fingerprint density at radius 3 is 2.59 bits per heavy atom. The first-order valence-corrected chi connectivity index (χ1v) is 9.85. The van der Waals surface area contributed by atoms with Gasteiger partial charge < -0.3 is 10.6 Å². The second-order valence-corrected chi connectivity index (χ2v) is 7.76. The van der Waals surface area contributed by atoms with Crippen molar-refractivity contribution in [2.24, 2.45) is 0 Å². The van der Waals surface area contributed by atoms with E-state index in [9.17, 15) is 14.4 Å². The summed E-state index contributed by atoms with van der Waals surface area (Å²) in [7, 11) is 0. The molecule has 1 atom stereocenters. The normalized spacial score (nSPS) is 19.3. The van der Waals surface area contributed by atoms with Crippen molar-refractivity contribution in [3.8, 4) is 0 Å². The lowest BCUT2D eigenvalue weighted by Crippen LogP contribution is -2.44. The topological polar surface area (TPSA) is 78.5 Å². The molecule has 1 saturated heterocycles. The van der Waals surface area contributed by atoms with E-state index in [4.69, 9.17) is 11.6 Å². The van der Waals surface area contributed by atoms with E-state index in [2.05, 4.69) is 17.6 Å². The molecule has 1 aromatic carbocycles. The Kier molecular flexibility index (Phi) is 7.25. The number of nitrogens with one attached hydrogen (secondary N) is 2. The van der Waals surface area contributed by atoms with Gasteiger partial charge in [-0.2, -0.15) is 0 Å². The summed E-state index contributed by atoms with van der Waals surface area (Å²) in [5, 5.41) is 5.81. The van der Waals surface area contributed by atoms with Gasteiger partial charge in [0.15, 0.2) is 0 Å². The van der Waals surface area contributed by atoms with Gasteiger partial charge in [0, 0.05) is 0 Å². The third kappa shape index (κ3) is 5.45. The fraction of sp³-hybridized carbons (Fsp3) is 0.550. The molecule has 148 valence electrons. The van der Waals surface area contributed by atoms with Crippen molar-refractivity contribution < 1.29 is 14.4 Å². The van der Waals surface area contributed by atoms with Gasteiger partial charge in [0.05, 0.1) is 10.7 Å². The van der Waals surface area contributed by atoms with Crippen molar-refractivity contribution in [3.05, 3.63) is 28.8 Å². The Morgan fingerprint density at radius 1 is 1.22 bits per heavy atom. The molecule has 1 fully saturated rings. The van der Waals surface area contributed by atoms with Gasteiger partial charge in [0.2, 0.25) is 5.91 Å².